The number of hydrogen-bond acceptors (Lipinski definition) is 4. The highest BCUT2D eigenvalue weighted by atomic mass is 16.5. The number of carbonyl (C=O) groups excluding carboxylic acids is 2. The number of benzene rings is 2. The number of ketones is 2. The molecule has 0 heterocycles. The lowest BCUT2D eigenvalue weighted by molar-refractivity contribution is 0.0978. The first-order chi connectivity index (χ1) is 18.7. The van der Waals surface area contributed by atoms with Crippen LogP contribution < -0.4 is 9.47 Å². The maximum atomic E-state index is 13.2. The third-order valence-corrected chi connectivity index (χ3v) is 7.50. The Morgan fingerprint density at radius 2 is 0.816 bits per heavy atom. The van der Waals surface area contributed by atoms with Crippen LogP contribution in [-0.2, 0) is 0 Å². The molecule has 0 spiro atoms. The molecule has 0 unspecified atom stereocenters. The van der Waals surface area contributed by atoms with E-state index in [2.05, 4.69) is 13.8 Å². The molecule has 0 amide bonds. The van der Waals surface area contributed by atoms with Crippen molar-refractivity contribution in [1.82, 2.24) is 0 Å². The number of hydrogen-bond donors (Lipinski definition) is 0. The van der Waals surface area contributed by atoms with Crippen molar-refractivity contribution >= 4 is 11.6 Å². The summed E-state index contributed by atoms with van der Waals surface area (Å²) in [6.45, 7) is 5.66. The molecular weight excluding hydrogens is 472 g/mol. The molecule has 1 aliphatic carbocycles. The van der Waals surface area contributed by atoms with Crippen LogP contribution in [0.5, 0.6) is 11.5 Å². The Bertz CT molecular complexity index is 930. The fourth-order valence-corrected chi connectivity index (χ4v) is 5.17. The summed E-state index contributed by atoms with van der Waals surface area (Å²) in [7, 11) is 0. The van der Waals surface area contributed by atoms with Crippen molar-refractivity contribution in [1.29, 1.82) is 0 Å². The maximum absolute atomic E-state index is 13.2. The lowest BCUT2D eigenvalue weighted by Crippen LogP contribution is -2.21. The van der Waals surface area contributed by atoms with E-state index >= 15 is 0 Å². The minimum absolute atomic E-state index is 0.123. The molecule has 0 atom stereocenters. The standard InChI is InChI=1S/C34H48O4/c1-3-5-7-9-11-13-15-19-23-37-31-25-29-30(34(36)28-22-18-17-21-27(28)33(29)35)26-32(31)38-24-20-16-14-12-10-8-6-4-2/h17-18,21-22,25-26H,3-16,19-20,23-24H2,1-2H3. The normalized spacial score (nSPS) is 12.4. The first-order valence-electron chi connectivity index (χ1n) is 15.3. The van der Waals surface area contributed by atoms with E-state index in [0.717, 1.165) is 25.7 Å². The fraction of sp³-hybridized carbons (Fsp3) is 0.588. The smallest absolute Gasteiger partial charge is 0.194 e. The van der Waals surface area contributed by atoms with Crippen molar-refractivity contribution in [3.8, 4) is 11.5 Å². The summed E-state index contributed by atoms with van der Waals surface area (Å²) in [5, 5.41) is 0. The maximum Gasteiger partial charge on any atom is 0.194 e. The number of rotatable bonds is 20. The number of fused-ring (bicyclic) bond motifs is 2. The van der Waals surface area contributed by atoms with Gasteiger partial charge in [0.2, 0.25) is 0 Å². The molecule has 0 saturated carbocycles. The zero-order valence-corrected chi connectivity index (χ0v) is 23.8. The summed E-state index contributed by atoms with van der Waals surface area (Å²) in [6, 6.07) is 10.5. The van der Waals surface area contributed by atoms with Gasteiger partial charge in [0, 0.05) is 22.3 Å². The highest BCUT2D eigenvalue weighted by Crippen LogP contribution is 2.37. The quantitative estimate of drug-likeness (QED) is 0.139. The third kappa shape index (κ3) is 8.99. The summed E-state index contributed by atoms with van der Waals surface area (Å²) >= 11 is 0. The van der Waals surface area contributed by atoms with Crippen LogP contribution in [0.4, 0.5) is 0 Å². The van der Waals surface area contributed by atoms with E-state index in [4.69, 9.17) is 9.47 Å². The van der Waals surface area contributed by atoms with E-state index in [1.807, 2.05) is 0 Å². The van der Waals surface area contributed by atoms with Gasteiger partial charge in [-0.05, 0) is 25.0 Å². The average molecular weight is 521 g/mol. The molecule has 0 radical (unpaired) electrons. The number of ether oxygens (including phenoxy) is 2. The zero-order valence-electron chi connectivity index (χ0n) is 23.8. The highest BCUT2D eigenvalue weighted by Gasteiger charge is 2.31. The molecule has 208 valence electrons. The summed E-state index contributed by atoms with van der Waals surface area (Å²) in [4.78, 5) is 26.4. The molecule has 4 nitrogen and oxygen atoms in total. The highest BCUT2D eigenvalue weighted by molar-refractivity contribution is 6.28. The van der Waals surface area contributed by atoms with Gasteiger partial charge in [-0.25, -0.2) is 0 Å². The Morgan fingerprint density at radius 1 is 0.474 bits per heavy atom. The van der Waals surface area contributed by atoms with Crippen molar-refractivity contribution in [2.45, 2.75) is 117 Å². The lowest BCUT2D eigenvalue weighted by atomic mass is 9.84. The van der Waals surface area contributed by atoms with Crippen molar-refractivity contribution < 1.29 is 19.1 Å². The molecule has 0 fully saturated rings. The van der Waals surface area contributed by atoms with Gasteiger partial charge in [-0.1, -0.05) is 128 Å². The Hall–Kier alpha value is -2.62. The summed E-state index contributed by atoms with van der Waals surface area (Å²) in [6.07, 6.45) is 19.7. The van der Waals surface area contributed by atoms with Gasteiger partial charge in [0.05, 0.1) is 13.2 Å². The molecular formula is C34H48O4. The van der Waals surface area contributed by atoms with Crippen LogP contribution in [0.3, 0.4) is 0 Å². The summed E-state index contributed by atoms with van der Waals surface area (Å²) in [5.41, 5.74) is 1.76. The molecule has 3 rings (SSSR count). The minimum Gasteiger partial charge on any atom is -0.490 e. The predicted octanol–water partition coefficient (Wildman–Crippen LogP) is 9.50. The molecule has 2 aromatic rings. The molecule has 0 aromatic heterocycles. The monoisotopic (exact) mass is 520 g/mol. The Balaban J connectivity index is 1.59. The lowest BCUT2D eigenvalue weighted by Gasteiger charge is -2.21. The average Bonchev–Trinajstić information content (AvgIpc) is 2.94. The topological polar surface area (TPSA) is 52.6 Å². The second kappa shape index (κ2) is 17.1. The fourth-order valence-electron chi connectivity index (χ4n) is 5.17. The molecule has 0 saturated heterocycles. The number of carbonyl (C=O) groups is 2. The van der Waals surface area contributed by atoms with Crippen LogP contribution >= 0.6 is 0 Å². The second-order valence-electron chi connectivity index (χ2n) is 10.7. The second-order valence-corrected chi connectivity index (χ2v) is 10.7. The van der Waals surface area contributed by atoms with E-state index in [0.29, 0.717) is 47.0 Å². The van der Waals surface area contributed by atoms with Gasteiger partial charge < -0.3 is 9.47 Å². The van der Waals surface area contributed by atoms with Gasteiger partial charge in [0.1, 0.15) is 0 Å². The molecule has 0 bridgehead atoms. The van der Waals surface area contributed by atoms with Gasteiger partial charge in [-0.2, -0.15) is 0 Å². The Kier molecular flexibility index (Phi) is 13.4. The molecule has 4 heteroatoms. The van der Waals surface area contributed by atoms with Crippen molar-refractivity contribution in [3.05, 3.63) is 58.7 Å². The van der Waals surface area contributed by atoms with Crippen molar-refractivity contribution in [2.75, 3.05) is 13.2 Å². The van der Waals surface area contributed by atoms with Gasteiger partial charge in [-0.3, -0.25) is 9.59 Å². The largest absolute Gasteiger partial charge is 0.490 e. The number of unbranched alkanes of at least 4 members (excludes halogenated alkanes) is 14. The zero-order chi connectivity index (χ0) is 27.0. The van der Waals surface area contributed by atoms with E-state index in [1.54, 1.807) is 36.4 Å². The van der Waals surface area contributed by atoms with Gasteiger partial charge in [-0.15, -0.1) is 0 Å². The molecule has 1 aliphatic rings. The first kappa shape index (κ1) is 29.9. The third-order valence-electron chi connectivity index (χ3n) is 7.50. The van der Waals surface area contributed by atoms with Crippen LogP contribution in [0.2, 0.25) is 0 Å². The van der Waals surface area contributed by atoms with E-state index in [1.165, 1.54) is 77.0 Å². The van der Waals surface area contributed by atoms with E-state index in [9.17, 15) is 9.59 Å². The van der Waals surface area contributed by atoms with Crippen LogP contribution in [0.25, 0.3) is 0 Å². The SMILES string of the molecule is CCCCCCCCCCOc1cc2c(cc1OCCCCCCCCCC)C(=O)c1ccccc1C2=O. The van der Waals surface area contributed by atoms with Crippen LogP contribution in [0.1, 0.15) is 148 Å². The van der Waals surface area contributed by atoms with Gasteiger partial charge >= 0.3 is 0 Å². The van der Waals surface area contributed by atoms with Crippen LogP contribution in [0, 0.1) is 0 Å². The minimum atomic E-state index is -0.123. The molecule has 0 aliphatic heterocycles. The summed E-state index contributed by atoms with van der Waals surface area (Å²) < 4.78 is 12.3. The Labute approximate surface area is 230 Å². The van der Waals surface area contributed by atoms with Gasteiger partial charge in [0.25, 0.3) is 0 Å². The van der Waals surface area contributed by atoms with Crippen LogP contribution in [-0.4, -0.2) is 24.8 Å². The first-order valence-corrected chi connectivity index (χ1v) is 15.3. The molecule has 0 N–H and O–H groups in total. The molecule has 38 heavy (non-hydrogen) atoms. The molecule has 2 aromatic carbocycles. The summed E-state index contributed by atoms with van der Waals surface area (Å²) in [5.74, 6) is 0.905. The van der Waals surface area contributed by atoms with E-state index in [-0.39, 0.29) is 11.6 Å². The van der Waals surface area contributed by atoms with Crippen molar-refractivity contribution in [2.24, 2.45) is 0 Å². The predicted molar refractivity (Wildman–Crippen MR) is 156 cm³/mol. The van der Waals surface area contributed by atoms with E-state index < -0.39 is 0 Å². The van der Waals surface area contributed by atoms with Crippen LogP contribution in [0.15, 0.2) is 36.4 Å². The Morgan fingerprint density at radius 3 is 1.18 bits per heavy atom. The van der Waals surface area contributed by atoms with Crippen molar-refractivity contribution in [3.63, 3.8) is 0 Å². The van der Waals surface area contributed by atoms with Gasteiger partial charge in [0.15, 0.2) is 23.1 Å².